The van der Waals surface area contributed by atoms with Gasteiger partial charge in [0.2, 0.25) is 0 Å². The van der Waals surface area contributed by atoms with Crippen molar-refractivity contribution in [1.82, 2.24) is 15.1 Å². The fourth-order valence-electron chi connectivity index (χ4n) is 3.65. The van der Waals surface area contributed by atoms with Crippen LogP contribution < -0.4 is 15.4 Å². The standard InChI is InChI=1S/C22H19Cl2F3N4O2/c1-33-14-5-2-12(3-6-14)11-28-21(32)18-10-20-29-17(13-4-7-15(23)16(24)8-13)9-19(22(25,26)27)31(20)30-18/h2-8,10,17,19,29H,9,11H2,1H3,(H,28,32)/t17-,19+/m0/s1. The SMILES string of the molecule is COc1ccc(CNC(=O)c2cc3n(n2)[C@@H](C(F)(F)F)C[C@@H](c2ccc(Cl)c(Cl)c2)N3)cc1. The van der Waals surface area contributed by atoms with Crippen LogP contribution in [-0.4, -0.2) is 29.0 Å². The molecule has 33 heavy (non-hydrogen) atoms. The van der Waals surface area contributed by atoms with Crippen molar-refractivity contribution in [3.63, 3.8) is 0 Å². The molecule has 2 heterocycles. The zero-order valence-electron chi connectivity index (χ0n) is 17.3. The van der Waals surface area contributed by atoms with E-state index in [1.165, 1.54) is 18.2 Å². The molecule has 0 bridgehead atoms. The number of alkyl halides is 3. The topological polar surface area (TPSA) is 68.2 Å². The molecule has 2 atom stereocenters. The number of aromatic nitrogens is 2. The minimum atomic E-state index is -4.56. The van der Waals surface area contributed by atoms with Crippen molar-refractivity contribution >= 4 is 34.9 Å². The van der Waals surface area contributed by atoms with Crippen LogP contribution in [0.4, 0.5) is 19.0 Å². The fraction of sp³-hybridized carbons (Fsp3) is 0.273. The van der Waals surface area contributed by atoms with E-state index in [4.69, 9.17) is 27.9 Å². The number of hydrogen-bond acceptors (Lipinski definition) is 4. The van der Waals surface area contributed by atoms with Crippen molar-refractivity contribution in [3.8, 4) is 5.75 Å². The van der Waals surface area contributed by atoms with Gasteiger partial charge in [-0.15, -0.1) is 0 Å². The average Bonchev–Trinajstić information content (AvgIpc) is 3.22. The number of halogens is 5. The van der Waals surface area contributed by atoms with E-state index in [1.807, 2.05) is 0 Å². The van der Waals surface area contributed by atoms with Crippen LogP contribution in [0.5, 0.6) is 5.75 Å². The molecule has 0 saturated carbocycles. The van der Waals surface area contributed by atoms with E-state index in [2.05, 4.69) is 15.7 Å². The molecular formula is C22H19Cl2F3N4O2. The summed E-state index contributed by atoms with van der Waals surface area (Å²) in [6.07, 6.45) is -4.88. The summed E-state index contributed by atoms with van der Waals surface area (Å²) in [5.74, 6) is 0.184. The Morgan fingerprint density at radius 2 is 1.91 bits per heavy atom. The number of carbonyl (C=O) groups is 1. The van der Waals surface area contributed by atoms with E-state index in [-0.39, 0.29) is 29.5 Å². The van der Waals surface area contributed by atoms with Crippen LogP contribution in [0.1, 0.15) is 40.1 Å². The number of ether oxygens (including phenoxy) is 1. The van der Waals surface area contributed by atoms with Crippen LogP contribution in [0, 0.1) is 0 Å². The van der Waals surface area contributed by atoms with Crippen molar-refractivity contribution in [2.45, 2.75) is 31.2 Å². The highest BCUT2D eigenvalue weighted by Crippen LogP contribution is 2.44. The summed E-state index contributed by atoms with van der Waals surface area (Å²) in [5, 5.41) is 10.2. The molecule has 1 aliphatic rings. The number of benzene rings is 2. The van der Waals surface area contributed by atoms with Gasteiger partial charge in [-0.25, -0.2) is 4.68 Å². The first-order valence-electron chi connectivity index (χ1n) is 9.94. The van der Waals surface area contributed by atoms with Gasteiger partial charge in [0.25, 0.3) is 5.91 Å². The van der Waals surface area contributed by atoms with Gasteiger partial charge in [0.15, 0.2) is 11.7 Å². The Balaban J connectivity index is 1.55. The summed E-state index contributed by atoms with van der Waals surface area (Å²) < 4.78 is 47.4. The molecule has 0 radical (unpaired) electrons. The summed E-state index contributed by atoms with van der Waals surface area (Å²) >= 11 is 12.0. The first-order valence-corrected chi connectivity index (χ1v) is 10.7. The van der Waals surface area contributed by atoms with Gasteiger partial charge in [-0.05, 0) is 35.4 Å². The Hall–Kier alpha value is -2.91. The van der Waals surface area contributed by atoms with Crippen LogP contribution in [0.3, 0.4) is 0 Å². The number of fused-ring (bicyclic) bond motifs is 1. The molecule has 2 aromatic carbocycles. The molecule has 1 amide bonds. The molecule has 2 N–H and O–H groups in total. The second kappa shape index (κ2) is 9.15. The van der Waals surface area contributed by atoms with Gasteiger partial charge >= 0.3 is 6.18 Å². The molecule has 0 unspecified atom stereocenters. The molecule has 0 aliphatic carbocycles. The first-order chi connectivity index (χ1) is 15.7. The van der Waals surface area contributed by atoms with E-state index < -0.39 is 24.2 Å². The number of nitrogens with one attached hydrogen (secondary N) is 2. The number of nitrogens with zero attached hydrogens (tertiary/aromatic N) is 2. The Labute approximate surface area is 197 Å². The number of amides is 1. The number of methoxy groups -OCH3 is 1. The van der Waals surface area contributed by atoms with Gasteiger partial charge in [-0.2, -0.15) is 18.3 Å². The lowest BCUT2D eigenvalue weighted by Crippen LogP contribution is -2.35. The number of anilines is 1. The molecule has 0 fully saturated rings. The van der Waals surface area contributed by atoms with E-state index in [0.717, 1.165) is 10.2 Å². The van der Waals surface area contributed by atoms with E-state index >= 15 is 0 Å². The number of carbonyl (C=O) groups excluding carboxylic acids is 1. The third-order valence-electron chi connectivity index (χ3n) is 5.38. The number of hydrogen-bond donors (Lipinski definition) is 2. The zero-order chi connectivity index (χ0) is 23.8. The van der Waals surface area contributed by atoms with Crippen LogP contribution in [0.25, 0.3) is 0 Å². The average molecular weight is 499 g/mol. The van der Waals surface area contributed by atoms with E-state index in [1.54, 1.807) is 37.4 Å². The fourth-order valence-corrected chi connectivity index (χ4v) is 3.95. The van der Waals surface area contributed by atoms with Crippen LogP contribution in [-0.2, 0) is 6.54 Å². The maximum absolute atomic E-state index is 13.8. The Morgan fingerprint density at radius 3 is 2.55 bits per heavy atom. The Bertz CT molecular complexity index is 1170. The van der Waals surface area contributed by atoms with Gasteiger partial charge in [-0.3, -0.25) is 4.79 Å². The molecule has 6 nitrogen and oxygen atoms in total. The molecule has 0 spiro atoms. The maximum Gasteiger partial charge on any atom is 0.410 e. The van der Waals surface area contributed by atoms with Gasteiger partial charge in [0, 0.05) is 19.0 Å². The van der Waals surface area contributed by atoms with Crippen molar-refractivity contribution in [2.75, 3.05) is 12.4 Å². The van der Waals surface area contributed by atoms with Crippen molar-refractivity contribution in [3.05, 3.63) is 75.4 Å². The summed E-state index contributed by atoms with van der Waals surface area (Å²) in [5.41, 5.74) is 1.24. The molecular weight excluding hydrogens is 480 g/mol. The second-order valence-corrected chi connectivity index (χ2v) is 8.37. The molecule has 1 aromatic heterocycles. The lowest BCUT2D eigenvalue weighted by molar-refractivity contribution is -0.173. The van der Waals surface area contributed by atoms with Crippen molar-refractivity contribution < 1.29 is 22.7 Å². The van der Waals surface area contributed by atoms with Crippen molar-refractivity contribution in [2.24, 2.45) is 0 Å². The predicted octanol–water partition coefficient (Wildman–Crippen LogP) is 5.79. The molecule has 1 aliphatic heterocycles. The molecule has 3 aromatic rings. The van der Waals surface area contributed by atoms with Crippen molar-refractivity contribution in [1.29, 1.82) is 0 Å². The second-order valence-electron chi connectivity index (χ2n) is 7.55. The predicted molar refractivity (Wildman–Crippen MR) is 119 cm³/mol. The normalized spacial score (nSPS) is 17.8. The maximum atomic E-state index is 13.8. The van der Waals surface area contributed by atoms with Gasteiger partial charge < -0.3 is 15.4 Å². The molecule has 11 heteroatoms. The molecule has 4 rings (SSSR count). The lowest BCUT2D eigenvalue weighted by atomic mass is 9.97. The minimum absolute atomic E-state index is 0.0919. The van der Waals surface area contributed by atoms with Gasteiger partial charge in [0.05, 0.1) is 23.2 Å². The smallest absolute Gasteiger partial charge is 0.410 e. The Kier molecular flexibility index (Phi) is 6.45. The lowest BCUT2D eigenvalue weighted by Gasteiger charge is -2.33. The Morgan fingerprint density at radius 1 is 1.18 bits per heavy atom. The van der Waals surface area contributed by atoms with Crippen LogP contribution >= 0.6 is 23.2 Å². The van der Waals surface area contributed by atoms with Crippen LogP contribution in [0.2, 0.25) is 10.0 Å². The van der Waals surface area contributed by atoms with Gasteiger partial charge in [-0.1, -0.05) is 41.4 Å². The molecule has 174 valence electrons. The third kappa shape index (κ3) is 5.04. The summed E-state index contributed by atoms with van der Waals surface area (Å²) in [4.78, 5) is 12.6. The number of rotatable bonds is 5. The molecule has 0 saturated heterocycles. The first kappa shape index (κ1) is 23.3. The zero-order valence-corrected chi connectivity index (χ0v) is 18.8. The summed E-state index contributed by atoms with van der Waals surface area (Å²) in [6, 6.07) is 10.5. The highest BCUT2D eigenvalue weighted by atomic mass is 35.5. The van der Waals surface area contributed by atoms with E-state index in [9.17, 15) is 18.0 Å². The van der Waals surface area contributed by atoms with Gasteiger partial charge in [0.1, 0.15) is 11.6 Å². The highest BCUT2D eigenvalue weighted by Gasteiger charge is 2.46. The monoisotopic (exact) mass is 498 g/mol. The third-order valence-corrected chi connectivity index (χ3v) is 6.12. The largest absolute Gasteiger partial charge is 0.497 e. The minimum Gasteiger partial charge on any atom is -0.497 e. The summed E-state index contributed by atoms with van der Waals surface area (Å²) in [7, 11) is 1.55. The quantitative estimate of drug-likeness (QED) is 0.467. The van der Waals surface area contributed by atoms with E-state index in [0.29, 0.717) is 16.3 Å². The summed E-state index contributed by atoms with van der Waals surface area (Å²) in [6.45, 7) is 0.188. The van der Waals surface area contributed by atoms with Crippen LogP contribution in [0.15, 0.2) is 48.5 Å². The highest BCUT2D eigenvalue weighted by molar-refractivity contribution is 6.42.